The van der Waals surface area contributed by atoms with Gasteiger partial charge in [0, 0.05) is 0 Å². The van der Waals surface area contributed by atoms with E-state index in [-0.39, 0.29) is 24.8 Å². The quantitative estimate of drug-likeness (QED) is 0.595. The molecule has 0 saturated carbocycles. The monoisotopic (exact) mass is 145 g/mol. The molecule has 0 aromatic heterocycles. The molecule has 0 unspecified atom stereocenters. The van der Waals surface area contributed by atoms with Crippen LogP contribution in [0.5, 0.6) is 0 Å². The summed E-state index contributed by atoms with van der Waals surface area (Å²) in [6.45, 7) is 5.00. The van der Waals surface area contributed by atoms with Crippen LogP contribution in [0.15, 0.2) is 0 Å². The standard InChI is InChI=1S/C4H11N.2ClH/c1-4(2)3-5;;/h4H,3,5H2,1-2H3;2*1H. The molecule has 48 valence electrons. The first kappa shape index (κ1) is 15.6. The van der Waals surface area contributed by atoms with Crippen molar-refractivity contribution in [3.63, 3.8) is 0 Å². The van der Waals surface area contributed by atoms with E-state index in [9.17, 15) is 0 Å². The third-order valence-corrected chi connectivity index (χ3v) is 0.471. The molecule has 0 aliphatic carbocycles. The van der Waals surface area contributed by atoms with Crippen LogP contribution in [-0.4, -0.2) is 6.54 Å². The zero-order valence-corrected chi connectivity index (χ0v) is 6.31. The number of hydrogen-bond acceptors (Lipinski definition) is 1. The van der Waals surface area contributed by atoms with E-state index in [0.717, 1.165) is 6.54 Å². The molecular formula is C4H13Cl2N. The van der Waals surface area contributed by atoms with Crippen molar-refractivity contribution >= 4 is 24.8 Å². The van der Waals surface area contributed by atoms with Gasteiger partial charge in [0.05, 0.1) is 0 Å². The van der Waals surface area contributed by atoms with E-state index in [2.05, 4.69) is 13.8 Å². The highest BCUT2D eigenvalue weighted by atomic mass is 35.5. The Hall–Kier alpha value is 0.540. The number of halogens is 2. The Bertz CT molecular complexity index is 23.7. The van der Waals surface area contributed by atoms with Gasteiger partial charge >= 0.3 is 0 Å². The van der Waals surface area contributed by atoms with Crippen LogP contribution in [0.1, 0.15) is 13.8 Å². The number of hydrogen-bond donors (Lipinski definition) is 1. The number of nitrogens with two attached hydrogens (primary N) is 1. The van der Waals surface area contributed by atoms with Crippen LogP contribution in [0, 0.1) is 5.92 Å². The number of rotatable bonds is 1. The third-order valence-electron chi connectivity index (χ3n) is 0.471. The molecule has 0 atom stereocenters. The Morgan fingerprint density at radius 2 is 1.43 bits per heavy atom. The van der Waals surface area contributed by atoms with Crippen molar-refractivity contribution in [1.82, 2.24) is 0 Å². The van der Waals surface area contributed by atoms with E-state index in [0.29, 0.717) is 5.92 Å². The molecule has 0 rings (SSSR count). The summed E-state index contributed by atoms with van der Waals surface area (Å²) in [5.41, 5.74) is 5.17. The van der Waals surface area contributed by atoms with E-state index in [1.165, 1.54) is 0 Å². The Morgan fingerprint density at radius 3 is 1.43 bits per heavy atom. The lowest BCUT2D eigenvalue weighted by Crippen LogP contribution is -2.05. The highest BCUT2D eigenvalue weighted by Gasteiger charge is 1.80. The van der Waals surface area contributed by atoms with Crippen LogP contribution in [0.4, 0.5) is 0 Å². The maximum Gasteiger partial charge on any atom is -0.00541 e. The average molecular weight is 146 g/mol. The van der Waals surface area contributed by atoms with Gasteiger partial charge in [-0.1, -0.05) is 13.8 Å². The molecule has 0 radical (unpaired) electrons. The summed E-state index contributed by atoms with van der Waals surface area (Å²) < 4.78 is 0. The fourth-order valence-electron chi connectivity index (χ4n) is 0. The summed E-state index contributed by atoms with van der Waals surface area (Å²) in [5.74, 6) is 0.662. The molecule has 0 fully saturated rings. The Morgan fingerprint density at radius 1 is 1.29 bits per heavy atom. The topological polar surface area (TPSA) is 26.0 Å². The average Bonchev–Trinajstić information content (AvgIpc) is 1.38. The normalized spacial score (nSPS) is 6.86. The van der Waals surface area contributed by atoms with E-state index < -0.39 is 0 Å². The van der Waals surface area contributed by atoms with Gasteiger partial charge in [0.25, 0.3) is 0 Å². The molecule has 0 saturated heterocycles. The summed E-state index contributed by atoms with van der Waals surface area (Å²) >= 11 is 0. The van der Waals surface area contributed by atoms with Gasteiger partial charge in [0.1, 0.15) is 0 Å². The smallest absolute Gasteiger partial charge is 0.00541 e. The van der Waals surface area contributed by atoms with Gasteiger partial charge in [-0.05, 0) is 12.5 Å². The Kier molecular flexibility index (Phi) is 21.8. The summed E-state index contributed by atoms with van der Waals surface area (Å²) in [5, 5.41) is 0. The van der Waals surface area contributed by atoms with Crippen LogP contribution in [-0.2, 0) is 0 Å². The van der Waals surface area contributed by atoms with Crippen molar-refractivity contribution in [2.75, 3.05) is 6.54 Å². The highest BCUT2D eigenvalue weighted by Crippen LogP contribution is 1.81. The van der Waals surface area contributed by atoms with Gasteiger partial charge in [-0.2, -0.15) is 0 Å². The van der Waals surface area contributed by atoms with Crippen molar-refractivity contribution in [3.8, 4) is 0 Å². The first-order chi connectivity index (χ1) is 2.27. The maximum absolute atomic E-state index is 5.17. The lowest BCUT2D eigenvalue weighted by molar-refractivity contribution is 0.664. The van der Waals surface area contributed by atoms with Crippen LogP contribution >= 0.6 is 24.8 Å². The van der Waals surface area contributed by atoms with Gasteiger partial charge in [0.2, 0.25) is 0 Å². The second-order valence-corrected chi connectivity index (χ2v) is 1.63. The van der Waals surface area contributed by atoms with Crippen molar-refractivity contribution in [1.29, 1.82) is 0 Å². The minimum atomic E-state index is 0. The van der Waals surface area contributed by atoms with Crippen molar-refractivity contribution in [2.45, 2.75) is 13.8 Å². The molecule has 1 nitrogen and oxygen atoms in total. The fourth-order valence-corrected chi connectivity index (χ4v) is 0. The van der Waals surface area contributed by atoms with Gasteiger partial charge in [-0.25, -0.2) is 0 Å². The first-order valence-corrected chi connectivity index (χ1v) is 1.97. The van der Waals surface area contributed by atoms with E-state index >= 15 is 0 Å². The van der Waals surface area contributed by atoms with E-state index in [4.69, 9.17) is 5.73 Å². The molecule has 3 heteroatoms. The third kappa shape index (κ3) is 20.9. The van der Waals surface area contributed by atoms with Crippen molar-refractivity contribution < 1.29 is 0 Å². The van der Waals surface area contributed by atoms with Crippen LogP contribution < -0.4 is 5.73 Å². The second kappa shape index (κ2) is 9.74. The molecule has 0 aliphatic rings. The predicted octanol–water partition coefficient (Wildman–Crippen LogP) is 1.44. The molecule has 0 amide bonds. The maximum atomic E-state index is 5.17. The molecular weight excluding hydrogens is 133 g/mol. The summed E-state index contributed by atoms with van der Waals surface area (Å²) in [4.78, 5) is 0. The fraction of sp³-hybridized carbons (Fsp3) is 1.00. The van der Waals surface area contributed by atoms with Crippen LogP contribution in [0.3, 0.4) is 0 Å². The van der Waals surface area contributed by atoms with Gasteiger partial charge in [0.15, 0.2) is 0 Å². The highest BCUT2D eigenvalue weighted by molar-refractivity contribution is 5.85. The SMILES string of the molecule is CC(C)CN.Cl.Cl. The summed E-state index contributed by atoms with van der Waals surface area (Å²) in [6, 6.07) is 0. The lowest BCUT2D eigenvalue weighted by Gasteiger charge is -1.91. The first-order valence-electron chi connectivity index (χ1n) is 1.97. The van der Waals surface area contributed by atoms with Gasteiger partial charge in [-0.15, -0.1) is 24.8 Å². The zero-order valence-electron chi connectivity index (χ0n) is 4.68. The van der Waals surface area contributed by atoms with E-state index in [1.807, 2.05) is 0 Å². The minimum absolute atomic E-state index is 0. The van der Waals surface area contributed by atoms with Crippen molar-refractivity contribution in [2.24, 2.45) is 11.7 Å². The van der Waals surface area contributed by atoms with Crippen LogP contribution in [0.2, 0.25) is 0 Å². The Balaban J connectivity index is -0.0000000800. The molecule has 2 N–H and O–H groups in total. The summed E-state index contributed by atoms with van der Waals surface area (Å²) in [6.07, 6.45) is 0. The van der Waals surface area contributed by atoms with Gasteiger partial charge in [-0.3, -0.25) is 0 Å². The molecule has 7 heavy (non-hydrogen) atoms. The molecule has 0 aliphatic heterocycles. The molecule has 0 aromatic carbocycles. The molecule has 0 bridgehead atoms. The lowest BCUT2D eigenvalue weighted by atomic mass is 10.2. The molecule has 0 aromatic rings. The minimum Gasteiger partial charge on any atom is -0.330 e. The van der Waals surface area contributed by atoms with Crippen molar-refractivity contribution in [3.05, 3.63) is 0 Å². The largest absolute Gasteiger partial charge is 0.330 e. The van der Waals surface area contributed by atoms with Crippen LogP contribution in [0.25, 0.3) is 0 Å². The molecule has 0 spiro atoms. The van der Waals surface area contributed by atoms with E-state index in [1.54, 1.807) is 0 Å². The predicted molar refractivity (Wildman–Crippen MR) is 38.4 cm³/mol. The summed E-state index contributed by atoms with van der Waals surface area (Å²) in [7, 11) is 0. The zero-order chi connectivity index (χ0) is 4.28. The second-order valence-electron chi connectivity index (χ2n) is 1.63. The Labute approximate surface area is 57.5 Å². The van der Waals surface area contributed by atoms with Gasteiger partial charge < -0.3 is 5.73 Å². The molecule has 0 heterocycles.